The Morgan fingerprint density at radius 2 is 1.89 bits per heavy atom. The Balaban J connectivity index is 3.63. The van der Waals surface area contributed by atoms with Crippen molar-refractivity contribution < 1.29 is 8.85 Å². The summed E-state index contributed by atoms with van der Waals surface area (Å²) in [6.07, 6.45) is 0. The van der Waals surface area contributed by atoms with Crippen LogP contribution >= 0.6 is 12.2 Å². The zero-order valence-electron chi connectivity index (χ0n) is 5.96. The van der Waals surface area contributed by atoms with Crippen LogP contribution in [0.1, 0.15) is 6.92 Å². The number of rotatable bonds is 4. The molecule has 1 atom stereocenters. The van der Waals surface area contributed by atoms with Gasteiger partial charge < -0.3 is 8.85 Å². The molecule has 4 heteroatoms. The van der Waals surface area contributed by atoms with E-state index < -0.39 is 9.28 Å². The van der Waals surface area contributed by atoms with E-state index in [4.69, 9.17) is 21.1 Å². The maximum absolute atomic E-state index is 5.07. The Morgan fingerprint density at radius 1 is 1.44 bits per heavy atom. The summed E-state index contributed by atoms with van der Waals surface area (Å²) in [6, 6.07) is 0. The van der Waals surface area contributed by atoms with Crippen LogP contribution in [0, 0.1) is 0 Å². The zero-order chi connectivity index (χ0) is 7.28. The molecule has 0 N–H and O–H groups in total. The number of hydrogen-bond acceptors (Lipinski definition) is 3. The summed E-state index contributed by atoms with van der Waals surface area (Å²) >= 11 is 4.73. The molecule has 0 aromatic rings. The van der Waals surface area contributed by atoms with Gasteiger partial charge in [-0.25, -0.2) is 0 Å². The van der Waals surface area contributed by atoms with E-state index in [-0.39, 0.29) is 0 Å². The van der Waals surface area contributed by atoms with E-state index in [9.17, 15) is 0 Å². The van der Waals surface area contributed by atoms with Crippen LogP contribution in [0.25, 0.3) is 0 Å². The molecule has 0 rings (SSSR count). The molecule has 0 aromatic carbocycles. The van der Waals surface area contributed by atoms with Crippen LogP contribution < -0.4 is 0 Å². The maximum atomic E-state index is 5.07. The van der Waals surface area contributed by atoms with Crippen LogP contribution in [-0.2, 0) is 8.85 Å². The molecule has 0 spiro atoms. The minimum Gasteiger partial charge on any atom is -0.400 e. The van der Waals surface area contributed by atoms with Crippen LogP contribution in [-0.4, -0.2) is 28.9 Å². The summed E-state index contributed by atoms with van der Waals surface area (Å²) in [4.78, 5) is 0. The van der Waals surface area contributed by atoms with Gasteiger partial charge in [-0.2, -0.15) is 0 Å². The molecule has 0 saturated carbocycles. The molecule has 0 aromatic heterocycles. The van der Waals surface area contributed by atoms with Gasteiger partial charge in [0.05, 0.1) is 0 Å². The van der Waals surface area contributed by atoms with E-state index in [1.165, 1.54) is 0 Å². The molecule has 2 nitrogen and oxygen atoms in total. The monoisotopic (exact) mass is 164 g/mol. The molecule has 0 saturated heterocycles. The first-order chi connectivity index (χ1) is 4.26. The van der Waals surface area contributed by atoms with Gasteiger partial charge in [0.25, 0.3) is 0 Å². The third kappa shape index (κ3) is 3.05. The van der Waals surface area contributed by atoms with Gasteiger partial charge in [0.15, 0.2) is 0 Å². The van der Waals surface area contributed by atoms with Crippen molar-refractivity contribution in [2.75, 3.05) is 14.2 Å². The van der Waals surface area contributed by atoms with Crippen molar-refractivity contribution in [3.05, 3.63) is 0 Å². The lowest BCUT2D eigenvalue weighted by Crippen LogP contribution is -2.24. The molecular formula is C5H12O2SSi. The van der Waals surface area contributed by atoms with Crippen molar-refractivity contribution in [3.63, 3.8) is 0 Å². The van der Waals surface area contributed by atoms with E-state index >= 15 is 0 Å². The molecule has 0 heterocycles. The molecular weight excluding hydrogens is 152 g/mol. The smallest absolute Gasteiger partial charge is 0.328 e. The van der Waals surface area contributed by atoms with Crippen molar-refractivity contribution in [3.8, 4) is 0 Å². The molecule has 1 unspecified atom stereocenters. The van der Waals surface area contributed by atoms with Crippen LogP contribution in [0.5, 0.6) is 0 Å². The first kappa shape index (κ1) is 9.23. The van der Waals surface area contributed by atoms with E-state index in [0.29, 0.717) is 5.54 Å². The molecule has 0 aliphatic rings. The first-order valence-electron chi connectivity index (χ1n) is 2.77. The highest BCUT2D eigenvalue weighted by atomic mass is 32.1. The fourth-order valence-corrected chi connectivity index (χ4v) is 2.15. The summed E-state index contributed by atoms with van der Waals surface area (Å²) < 4.78 is 10.1. The van der Waals surface area contributed by atoms with Gasteiger partial charge in [-0.05, 0) is 5.37 Å². The largest absolute Gasteiger partial charge is 0.400 e. The highest BCUT2D eigenvalue weighted by Crippen LogP contribution is 2.06. The normalized spacial score (nSPS) is 13.8. The molecule has 0 amide bonds. The third-order valence-corrected chi connectivity index (χ3v) is 3.80. The van der Waals surface area contributed by atoms with Crippen molar-refractivity contribution in [2.45, 2.75) is 12.5 Å². The Morgan fingerprint density at radius 3 is 2.00 bits per heavy atom. The summed E-state index contributed by atoms with van der Waals surface area (Å²) in [6.45, 7) is 2.01. The summed E-state index contributed by atoms with van der Waals surface area (Å²) in [5.41, 5.74) is 0.315. The van der Waals surface area contributed by atoms with E-state index in [1.54, 1.807) is 19.6 Å². The predicted molar refractivity (Wildman–Crippen MR) is 44.2 cm³/mol. The highest BCUT2D eigenvalue weighted by Gasteiger charge is 2.16. The molecule has 0 bridgehead atoms. The Labute approximate surface area is 63.0 Å². The summed E-state index contributed by atoms with van der Waals surface area (Å²) in [7, 11) is 1.88. The predicted octanol–water partition coefficient (Wildman–Crippen LogP) is 0.889. The second-order valence-corrected chi connectivity index (χ2v) is 4.84. The molecule has 54 valence electrons. The Hall–Kier alpha value is 0.227. The van der Waals surface area contributed by atoms with Crippen molar-refractivity contribution in [1.29, 1.82) is 0 Å². The zero-order valence-corrected chi connectivity index (χ0v) is 7.93. The van der Waals surface area contributed by atoms with Crippen LogP contribution in [0.2, 0.25) is 5.54 Å². The van der Waals surface area contributed by atoms with Gasteiger partial charge in [-0.3, -0.25) is 0 Å². The maximum Gasteiger partial charge on any atom is 0.328 e. The van der Waals surface area contributed by atoms with Crippen LogP contribution in [0.4, 0.5) is 0 Å². The van der Waals surface area contributed by atoms with E-state index in [2.05, 4.69) is 0 Å². The highest BCUT2D eigenvalue weighted by molar-refractivity contribution is 7.79. The lowest BCUT2D eigenvalue weighted by Gasteiger charge is -2.13. The fourth-order valence-electron chi connectivity index (χ4n) is 0.590. The van der Waals surface area contributed by atoms with Crippen LogP contribution in [0.3, 0.4) is 0 Å². The number of thiocarbonyl (C=S) groups is 1. The second-order valence-electron chi connectivity index (χ2n) is 1.83. The van der Waals surface area contributed by atoms with Gasteiger partial charge in [0.1, 0.15) is 0 Å². The minimum absolute atomic E-state index is 0.315. The van der Waals surface area contributed by atoms with Gasteiger partial charge in [-0.15, -0.1) is 0 Å². The number of hydrogen-bond donors (Lipinski definition) is 0. The SMILES string of the molecule is CO[SiH](OC)C(C)C=S. The molecule has 0 fully saturated rings. The topological polar surface area (TPSA) is 18.5 Å². The molecule has 0 aliphatic carbocycles. The van der Waals surface area contributed by atoms with E-state index in [0.717, 1.165) is 0 Å². The average molecular weight is 164 g/mol. The summed E-state index contributed by atoms with van der Waals surface area (Å²) in [5.74, 6) is 0. The van der Waals surface area contributed by atoms with Crippen molar-refractivity contribution >= 4 is 26.9 Å². The fraction of sp³-hybridized carbons (Fsp3) is 0.800. The average Bonchev–Trinajstić information content (AvgIpc) is 1.90. The van der Waals surface area contributed by atoms with Gasteiger partial charge >= 0.3 is 9.28 Å². The molecule has 9 heavy (non-hydrogen) atoms. The summed E-state index contributed by atoms with van der Waals surface area (Å²) in [5, 5.41) is 1.70. The third-order valence-electron chi connectivity index (χ3n) is 1.11. The lowest BCUT2D eigenvalue weighted by molar-refractivity contribution is 0.275. The van der Waals surface area contributed by atoms with Crippen molar-refractivity contribution in [2.24, 2.45) is 0 Å². The van der Waals surface area contributed by atoms with Gasteiger partial charge in [0, 0.05) is 19.8 Å². The van der Waals surface area contributed by atoms with Crippen molar-refractivity contribution in [1.82, 2.24) is 0 Å². The lowest BCUT2D eigenvalue weighted by atomic mass is 10.6. The quantitative estimate of drug-likeness (QED) is 0.454. The van der Waals surface area contributed by atoms with Gasteiger partial charge in [-0.1, -0.05) is 19.1 Å². The Bertz CT molecular complexity index is 85.0. The Kier molecular flexibility index (Phi) is 5.17. The van der Waals surface area contributed by atoms with Crippen LogP contribution in [0.15, 0.2) is 0 Å². The van der Waals surface area contributed by atoms with Gasteiger partial charge in [0.2, 0.25) is 0 Å². The standard InChI is InChI=1S/C5H12O2SSi/c1-5(4-8)9(6-2)7-3/h4-5,9H,1-3H3. The molecule has 0 aliphatic heterocycles. The van der Waals surface area contributed by atoms with E-state index in [1.807, 2.05) is 6.92 Å². The molecule has 0 radical (unpaired) electrons. The second kappa shape index (κ2) is 5.05. The first-order valence-corrected chi connectivity index (χ1v) is 4.85. The minimum atomic E-state index is -1.45.